The molecule has 0 aromatic heterocycles. The van der Waals surface area contributed by atoms with Gasteiger partial charge in [0.05, 0.1) is 25.4 Å². The van der Waals surface area contributed by atoms with E-state index in [0.717, 1.165) is 64.6 Å². The number of aliphatic hydroxyl groups excluding tert-OH is 1. The van der Waals surface area contributed by atoms with E-state index in [2.05, 4.69) is 64.7 Å². The first kappa shape index (κ1) is 30.1. The zero-order valence-corrected chi connectivity index (χ0v) is 23.0. The molecule has 1 aliphatic rings. The molecule has 1 fully saturated rings. The van der Waals surface area contributed by atoms with Crippen molar-refractivity contribution in [3.63, 3.8) is 0 Å². The van der Waals surface area contributed by atoms with E-state index in [-0.39, 0.29) is 24.0 Å². The smallest absolute Gasteiger partial charge is 0.191 e. The fourth-order valence-corrected chi connectivity index (χ4v) is 3.64. The fourth-order valence-electron chi connectivity index (χ4n) is 3.64. The van der Waals surface area contributed by atoms with Crippen LogP contribution in [-0.2, 0) is 16.0 Å². The molecule has 0 bridgehead atoms. The second-order valence-electron chi connectivity index (χ2n) is 8.92. The van der Waals surface area contributed by atoms with E-state index in [1.54, 1.807) is 0 Å². The summed E-state index contributed by atoms with van der Waals surface area (Å²) in [5, 5.41) is 16.6. The van der Waals surface area contributed by atoms with Gasteiger partial charge >= 0.3 is 0 Å². The fraction of sp³-hybridized carbons (Fsp3) is 0.720. The third kappa shape index (κ3) is 14.1. The number of likely N-dealkylation sites (tertiary alicyclic amines) is 1. The molecule has 0 spiro atoms. The van der Waals surface area contributed by atoms with Crippen LogP contribution in [-0.4, -0.2) is 80.7 Å². The topological polar surface area (TPSA) is 78.4 Å². The van der Waals surface area contributed by atoms with Crippen molar-refractivity contribution in [1.29, 1.82) is 0 Å². The molecule has 0 radical (unpaired) electrons. The van der Waals surface area contributed by atoms with E-state index in [1.807, 2.05) is 6.92 Å². The lowest BCUT2D eigenvalue weighted by Crippen LogP contribution is -2.39. The minimum absolute atomic E-state index is 0. The third-order valence-corrected chi connectivity index (χ3v) is 5.32. The molecular formula is C25H45IN4O3. The molecule has 1 aliphatic heterocycles. The Morgan fingerprint density at radius 3 is 2.55 bits per heavy atom. The van der Waals surface area contributed by atoms with Gasteiger partial charge in [0, 0.05) is 45.9 Å². The third-order valence-electron chi connectivity index (χ3n) is 5.32. The molecule has 0 amide bonds. The zero-order valence-electron chi connectivity index (χ0n) is 20.7. The van der Waals surface area contributed by atoms with Gasteiger partial charge in [0.15, 0.2) is 5.96 Å². The second kappa shape index (κ2) is 18.4. The Bertz CT molecular complexity index is 625. The van der Waals surface area contributed by atoms with Gasteiger partial charge in [-0.1, -0.05) is 44.2 Å². The van der Waals surface area contributed by atoms with E-state index in [9.17, 15) is 5.11 Å². The van der Waals surface area contributed by atoms with Crippen LogP contribution in [0.2, 0.25) is 0 Å². The predicted octanol–water partition coefficient (Wildman–Crippen LogP) is 3.26. The Kier molecular flexibility index (Phi) is 16.8. The summed E-state index contributed by atoms with van der Waals surface area (Å²) >= 11 is 0. The largest absolute Gasteiger partial charge is 0.389 e. The number of halogens is 1. The number of piperidine rings is 1. The number of guanidine groups is 1. The van der Waals surface area contributed by atoms with Gasteiger partial charge in [-0.25, -0.2) is 0 Å². The molecule has 1 heterocycles. The minimum atomic E-state index is -0.583. The van der Waals surface area contributed by atoms with Crippen LogP contribution in [0.4, 0.5) is 0 Å². The van der Waals surface area contributed by atoms with Gasteiger partial charge in [0.2, 0.25) is 0 Å². The number of aliphatic imine (C=N–C) groups is 1. The molecule has 1 aromatic rings. The van der Waals surface area contributed by atoms with Crippen molar-refractivity contribution in [1.82, 2.24) is 15.5 Å². The molecule has 33 heavy (non-hydrogen) atoms. The number of rotatable bonds is 14. The molecule has 0 saturated carbocycles. The first-order valence-electron chi connectivity index (χ1n) is 12.2. The van der Waals surface area contributed by atoms with Crippen LogP contribution in [0.3, 0.4) is 0 Å². The standard InChI is InChI=1S/C25H44N4O3.HI/c1-4-26-25(28-17-23(30)20-31-19-21(2)3)27-13-8-16-32-24-11-14-29(15-12-24)18-22-9-6-5-7-10-22;/h5-7,9-10,21,23-24,30H,4,8,11-20H2,1-3H3,(H2,26,27,28);1H. The molecule has 1 unspecified atom stereocenters. The van der Waals surface area contributed by atoms with Crippen molar-refractivity contribution in [2.45, 2.75) is 58.8 Å². The maximum absolute atomic E-state index is 10.0. The molecule has 190 valence electrons. The van der Waals surface area contributed by atoms with Gasteiger partial charge in [0.1, 0.15) is 0 Å². The Morgan fingerprint density at radius 2 is 1.88 bits per heavy atom. The maximum Gasteiger partial charge on any atom is 0.191 e. The Hall–Kier alpha value is -0.940. The first-order chi connectivity index (χ1) is 15.6. The summed E-state index contributed by atoms with van der Waals surface area (Å²) < 4.78 is 11.6. The Balaban J connectivity index is 0.00000544. The van der Waals surface area contributed by atoms with Crippen molar-refractivity contribution in [3.05, 3.63) is 35.9 Å². The lowest BCUT2D eigenvalue weighted by atomic mass is 10.1. The van der Waals surface area contributed by atoms with Gasteiger partial charge in [-0.15, -0.1) is 24.0 Å². The van der Waals surface area contributed by atoms with Gasteiger partial charge in [-0.2, -0.15) is 0 Å². The molecule has 3 N–H and O–H groups in total. The van der Waals surface area contributed by atoms with Crippen LogP contribution in [0.1, 0.15) is 45.6 Å². The number of benzene rings is 1. The number of nitrogens with zero attached hydrogens (tertiary/aromatic N) is 2. The summed E-state index contributed by atoms with van der Waals surface area (Å²) in [5.41, 5.74) is 1.38. The molecule has 1 aromatic carbocycles. The lowest BCUT2D eigenvalue weighted by Gasteiger charge is -2.32. The highest BCUT2D eigenvalue weighted by molar-refractivity contribution is 14.0. The zero-order chi connectivity index (χ0) is 23.0. The second-order valence-corrected chi connectivity index (χ2v) is 8.92. The van der Waals surface area contributed by atoms with Crippen molar-refractivity contribution in [2.75, 3.05) is 52.5 Å². The summed E-state index contributed by atoms with van der Waals surface area (Å²) in [6.45, 7) is 13.1. The van der Waals surface area contributed by atoms with E-state index >= 15 is 0 Å². The quantitative estimate of drug-likeness (QED) is 0.137. The molecular weight excluding hydrogens is 531 g/mol. The lowest BCUT2D eigenvalue weighted by molar-refractivity contribution is 0.00533. The predicted molar refractivity (Wildman–Crippen MR) is 146 cm³/mol. The number of hydrogen-bond acceptors (Lipinski definition) is 5. The van der Waals surface area contributed by atoms with Crippen molar-refractivity contribution >= 4 is 29.9 Å². The van der Waals surface area contributed by atoms with Crippen LogP contribution in [0.25, 0.3) is 0 Å². The van der Waals surface area contributed by atoms with Gasteiger partial charge in [0.25, 0.3) is 0 Å². The highest BCUT2D eigenvalue weighted by Crippen LogP contribution is 2.16. The molecule has 1 saturated heterocycles. The minimum Gasteiger partial charge on any atom is -0.389 e. The number of ether oxygens (including phenoxy) is 2. The highest BCUT2D eigenvalue weighted by atomic mass is 127. The van der Waals surface area contributed by atoms with E-state index < -0.39 is 6.10 Å². The van der Waals surface area contributed by atoms with Crippen LogP contribution in [0.15, 0.2) is 35.3 Å². The van der Waals surface area contributed by atoms with Gasteiger partial charge in [-0.05, 0) is 37.7 Å². The van der Waals surface area contributed by atoms with Crippen molar-refractivity contribution < 1.29 is 14.6 Å². The van der Waals surface area contributed by atoms with Crippen LogP contribution in [0, 0.1) is 5.92 Å². The monoisotopic (exact) mass is 576 g/mol. The Morgan fingerprint density at radius 1 is 1.15 bits per heavy atom. The molecule has 0 aliphatic carbocycles. The summed E-state index contributed by atoms with van der Waals surface area (Å²) in [6.07, 6.45) is 2.90. The SMILES string of the molecule is CCNC(=NCC(O)COCC(C)C)NCCCOC1CCN(Cc2ccccc2)CC1.I. The average Bonchev–Trinajstić information content (AvgIpc) is 2.78. The van der Waals surface area contributed by atoms with Crippen molar-refractivity contribution in [2.24, 2.45) is 10.9 Å². The summed E-state index contributed by atoms with van der Waals surface area (Å²) in [5.74, 6) is 1.19. The highest BCUT2D eigenvalue weighted by Gasteiger charge is 2.19. The van der Waals surface area contributed by atoms with Crippen LogP contribution >= 0.6 is 24.0 Å². The Labute approximate surface area is 217 Å². The van der Waals surface area contributed by atoms with E-state index in [1.165, 1.54) is 5.56 Å². The summed E-state index contributed by atoms with van der Waals surface area (Å²) in [6, 6.07) is 10.7. The summed E-state index contributed by atoms with van der Waals surface area (Å²) in [7, 11) is 0. The molecule has 8 heteroatoms. The van der Waals surface area contributed by atoms with E-state index in [0.29, 0.717) is 31.8 Å². The molecule has 7 nitrogen and oxygen atoms in total. The van der Waals surface area contributed by atoms with Crippen molar-refractivity contribution in [3.8, 4) is 0 Å². The number of hydrogen-bond donors (Lipinski definition) is 3. The number of nitrogens with one attached hydrogen (secondary N) is 2. The average molecular weight is 577 g/mol. The molecule has 2 rings (SSSR count). The van der Waals surface area contributed by atoms with Crippen LogP contribution < -0.4 is 10.6 Å². The van der Waals surface area contributed by atoms with Gasteiger partial charge in [-0.3, -0.25) is 9.89 Å². The van der Waals surface area contributed by atoms with Gasteiger partial charge < -0.3 is 25.2 Å². The normalized spacial score (nSPS) is 16.5. The number of aliphatic hydroxyl groups is 1. The maximum atomic E-state index is 10.0. The summed E-state index contributed by atoms with van der Waals surface area (Å²) in [4.78, 5) is 6.97. The molecule has 1 atom stereocenters. The van der Waals surface area contributed by atoms with E-state index in [4.69, 9.17) is 9.47 Å². The first-order valence-corrected chi connectivity index (χ1v) is 12.2. The van der Waals surface area contributed by atoms with Crippen LogP contribution in [0.5, 0.6) is 0 Å².